The molecule has 0 saturated carbocycles. The molecule has 0 aliphatic heterocycles. The lowest BCUT2D eigenvalue weighted by molar-refractivity contribution is -0.122. The van der Waals surface area contributed by atoms with Gasteiger partial charge in [0, 0.05) is 5.56 Å². The molecule has 3 aromatic rings. The number of nitrogens with zero attached hydrogens (tertiary/aromatic N) is 3. The van der Waals surface area contributed by atoms with Gasteiger partial charge in [-0.25, -0.2) is 9.67 Å². The zero-order valence-electron chi connectivity index (χ0n) is 14.0. The molecule has 0 spiro atoms. The number of hydrogen-bond donors (Lipinski definition) is 1. The molecular formula is C18H20N4O2. The minimum Gasteiger partial charge on any atom is -0.467 e. The first kappa shape index (κ1) is 16.0. The maximum Gasteiger partial charge on any atom is 0.242 e. The van der Waals surface area contributed by atoms with Crippen molar-refractivity contribution in [3.05, 3.63) is 59.8 Å². The van der Waals surface area contributed by atoms with E-state index in [1.807, 2.05) is 51.1 Å². The van der Waals surface area contributed by atoms with Gasteiger partial charge in [-0.3, -0.25) is 4.79 Å². The van der Waals surface area contributed by atoms with Crippen molar-refractivity contribution in [1.82, 2.24) is 20.1 Å². The van der Waals surface area contributed by atoms with E-state index in [2.05, 4.69) is 15.4 Å². The molecule has 1 atom stereocenters. The van der Waals surface area contributed by atoms with E-state index in [9.17, 15) is 4.79 Å². The predicted octanol–water partition coefficient (Wildman–Crippen LogP) is 3.03. The third-order valence-corrected chi connectivity index (χ3v) is 3.80. The largest absolute Gasteiger partial charge is 0.467 e. The summed E-state index contributed by atoms with van der Waals surface area (Å²) >= 11 is 0. The number of furan rings is 1. The van der Waals surface area contributed by atoms with Gasteiger partial charge >= 0.3 is 0 Å². The first-order valence-electron chi connectivity index (χ1n) is 7.85. The summed E-state index contributed by atoms with van der Waals surface area (Å²) in [6.07, 6.45) is 1.59. The van der Waals surface area contributed by atoms with E-state index in [1.165, 1.54) is 0 Å². The fourth-order valence-corrected chi connectivity index (χ4v) is 2.62. The monoisotopic (exact) mass is 324 g/mol. The second kappa shape index (κ2) is 6.70. The number of carbonyl (C=O) groups is 1. The molecule has 2 heterocycles. The van der Waals surface area contributed by atoms with Crippen molar-refractivity contribution in [2.24, 2.45) is 0 Å². The van der Waals surface area contributed by atoms with Gasteiger partial charge in [0.05, 0.1) is 12.3 Å². The van der Waals surface area contributed by atoms with Crippen LogP contribution < -0.4 is 5.32 Å². The van der Waals surface area contributed by atoms with E-state index in [0.29, 0.717) is 11.6 Å². The second-order valence-electron chi connectivity index (χ2n) is 5.76. The van der Waals surface area contributed by atoms with Crippen molar-refractivity contribution in [2.45, 2.75) is 33.4 Å². The molecule has 0 radical (unpaired) electrons. The van der Waals surface area contributed by atoms with Gasteiger partial charge in [-0.2, -0.15) is 5.10 Å². The van der Waals surface area contributed by atoms with Gasteiger partial charge in [-0.15, -0.1) is 0 Å². The Kier molecular flexibility index (Phi) is 4.46. The van der Waals surface area contributed by atoms with Crippen LogP contribution >= 0.6 is 0 Å². The number of hydrogen-bond acceptors (Lipinski definition) is 4. The highest BCUT2D eigenvalue weighted by Gasteiger charge is 2.17. The Balaban J connectivity index is 1.78. The lowest BCUT2D eigenvalue weighted by Crippen LogP contribution is -2.30. The van der Waals surface area contributed by atoms with E-state index >= 15 is 0 Å². The van der Waals surface area contributed by atoms with Crippen LogP contribution in [0.3, 0.4) is 0 Å². The third-order valence-electron chi connectivity index (χ3n) is 3.80. The zero-order chi connectivity index (χ0) is 17.1. The Morgan fingerprint density at radius 2 is 2.04 bits per heavy atom. The van der Waals surface area contributed by atoms with Gasteiger partial charge in [0.15, 0.2) is 5.82 Å². The number of amides is 1. The normalized spacial score (nSPS) is 12.1. The van der Waals surface area contributed by atoms with E-state index < -0.39 is 0 Å². The Bertz CT molecular complexity index is 837. The van der Waals surface area contributed by atoms with E-state index in [-0.39, 0.29) is 18.5 Å². The average molecular weight is 324 g/mol. The van der Waals surface area contributed by atoms with Gasteiger partial charge in [0.1, 0.15) is 18.1 Å². The Hall–Kier alpha value is -2.89. The molecule has 1 amide bonds. The molecule has 3 rings (SSSR count). The molecular weight excluding hydrogens is 304 g/mol. The molecule has 124 valence electrons. The molecule has 6 heteroatoms. The summed E-state index contributed by atoms with van der Waals surface area (Å²) in [4.78, 5) is 16.8. The van der Waals surface area contributed by atoms with E-state index in [0.717, 1.165) is 16.9 Å². The number of carbonyl (C=O) groups excluding carboxylic acids is 1. The Labute approximate surface area is 140 Å². The lowest BCUT2D eigenvalue weighted by atomic mass is 10.1. The lowest BCUT2D eigenvalue weighted by Gasteiger charge is -2.12. The van der Waals surface area contributed by atoms with Crippen LogP contribution in [0, 0.1) is 13.8 Å². The van der Waals surface area contributed by atoms with Crippen LogP contribution in [0.4, 0.5) is 0 Å². The van der Waals surface area contributed by atoms with Crippen LogP contribution in [-0.2, 0) is 11.3 Å². The molecule has 0 fully saturated rings. The highest BCUT2D eigenvalue weighted by molar-refractivity contribution is 5.76. The van der Waals surface area contributed by atoms with E-state index in [4.69, 9.17) is 4.42 Å². The standard InChI is InChI=1S/C18H20N4O2/c1-12-7-4-5-8-15(12)18-20-14(3)21-22(18)11-17(23)19-13(2)16-9-6-10-24-16/h4-10,13H,11H2,1-3H3,(H,19,23). The maximum atomic E-state index is 12.4. The number of rotatable bonds is 5. The van der Waals surface area contributed by atoms with Crippen molar-refractivity contribution in [3.8, 4) is 11.4 Å². The summed E-state index contributed by atoms with van der Waals surface area (Å²) in [6, 6.07) is 11.4. The molecule has 0 aliphatic carbocycles. The fourth-order valence-electron chi connectivity index (χ4n) is 2.62. The quantitative estimate of drug-likeness (QED) is 0.783. The van der Waals surface area contributed by atoms with Crippen molar-refractivity contribution >= 4 is 5.91 Å². The summed E-state index contributed by atoms with van der Waals surface area (Å²) in [5.74, 6) is 1.92. The van der Waals surface area contributed by atoms with Crippen LogP contribution in [0.5, 0.6) is 0 Å². The minimum absolute atomic E-state index is 0.107. The van der Waals surface area contributed by atoms with Crippen LogP contribution in [0.1, 0.15) is 30.1 Å². The fraction of sp³-hybridized carbons (Fsp3) is 0.278. The van der Waals surface area contributed by atoms with Crippen molar-refractivity contribution in [1.29, 1.82) is 0 Å². The molecule has 1 N–H and O–H groups in total. The van der Waals surface area contributed by atoms with Crippen molar-refractivity contribution in [2.75, 3.05) is 0 Å². The van der Waals surface area contributed by atoms with Gasteiger partial charge in [0.2, 0.25) is 5.91 Å². The summed E-state index contributed by atoms with van der Waals surface area (Å²) in [7, 11) is 0. The number of benzene rings is 1. The maximum absolute atomic E-state index is 12.4. The molecule has 0 saturated heterocycles. The summed E-state index contributed by atoms with van der Waals surface area (Å²) in [5.41, 5.74) is 2.07. The number of aromatic nitrogens is 3. The van der Waals surface area contributed by atoms with Crippen molar-refractivity contribution < 1.29 is 9.21 Å². The van der Waals surface area contributed by atoms with Crippen LogP contribution in [0.15, 0.2) is 47.1 Å². The highest BCUT2D eigenvalue weighted by atomic mass is 16.3. The second-order valence-corrected chi connectivity index (χ2v) is 5.76. The minimum atomic E-state index is -0.195. The van der Waals surface area contributed by atoms with Gasteiger partial charge in [0.25, 0.3) is 0 Å². The highest BCUT2D eigenvalue weighted by Crippen LogP contribution is 2.21. The number of nitrogens with one attached hydrogen (secondary N) is 1. The van der Waals surface area contributed by atoms with Gasteiger partial charge < -0.3 is 9.73 Å². The third kappa shape index (κ3) is 3.37. The molecule has 6 nitrogen and oxygen atoms in total. The molecule has 1 aromatic carbocycles. The molecule has 0 bridgehead atoms. The van der Waals surface area contributed by atoms with Crippen LogP contribution in [0.2, 0.25) is 0 Å². The SMILES string of the molecule is Cc1nc(-c2ccccc2C)n(CC(=O)NC(C)c2ccco2)n1. The summed E-state index contributed by atoms with van der Waals surface area (Å²) in [5, 5.41) is 7.27. The van der Waals surface area contributed by atoms with Crippen LogP contribution in [-0.4, -0.2) is 20.7 Å². The smallest absolute Gasteiger partial charge is 0.242 e. The predicted molar refractivity (Wildman–Crippen MR) is 90.2 cm³/mol. The van der Waals surface area contributed by atoms with Crippen LogP contribution in [0.25, 0.3) is 11.4 Å². The Morgan fingerprint density at radius 3 is 2.75 bits per heavy atom. The first-order valence-corrected chi connectivity index (χ1v) is 7.85. The van der Waals surface area contributed by atoms with Gasteiger partial charge in [-0.1, -0.05) is 24.3 Å². The first-order chi connectivity index (χ1) is 11.5. The molecule has 0 aliphatic rings. The molecule has 24 heavy (non-hydrogen) atoms. The Morgan fingerprint density at radius 1 is 1.25 bits per heavy atom. The molecule has 2 aromatic heterocycles. The zero-order valence-corrected chi connectivity index (χ0v) is 14.0. The summed E-state index contributed by atoms with van der Waals surface area (Å²) < 4.78 is 6.95. The average Bonchev–Trinajstić information content (AvgIpc) is 3.17. The molecule has 1 unspecified atom stereocenters. The van der Waals surface area contributed by atoms with E-state index in [1.54, 1.807) is 17.0 Å². The van der Waals surface area contributed by atoms with Crippen molar-refractivity contribution in [3.63, 3.8) is 0 Å². The van der Waals surface area contributed by atoms with Gasteiger partial charge in [-0.05, 0) is 38.5 Å². The topological polar surface area (TPSA) is 73.0 Å². The number of aryl methyl sites for hydroxylation is 2. The summed E-state index contributed by atoms with van der Waals surface area (Å²) in [6.45, 7) is 5.82.